The highest BCUT2D eigenvalue weighted by atomic mass is 19.1. The highest BCUT2D eigenvalue weighted by Gasteiger charge is 2.24. The van der Waals surface area contributed by atoms with Crippen molar-refractivity contribution in [3.8, 4) is 28.5 Å². The van der Waals surface area contributed by atoms with Crippen molar-refractivity contribution in [1.29, 1.82) is 0 Å². The quantitative estimate of drug-likeness (QED) is 0.310. The molecule has 0 bridgehead atoms. The molecule has 198 valence electrons. The van der Waals surface area contributed by atoms with Crippen LogP contribution in [0, 0.1) is 12.7 Å². The molecule has 0 unspecified atom stereocenters. The predicted octanol–water partition coefficient (Wildman–Crippen LogP) is 5.04. The fourth-order valence-electron chi connectivity index (χ4n) is 4.54. The second-order valence-corrected chi connectivity index (χ2v) is 9.27. The molecular weight excluding hydrogens is 501 g/mol. The van der Waals surface area contributed by atoms with Gasteiger partial charge < -0.3 is 19.9 Å². The summed E-state index contributed by atoms with van der Waals surface area (Å²) in [5, 5.41) is 5.61. The molecule has 3 aromatic heterocycles. The number of nitrogens with two attached hydrogens (primary N) is 1. The number of hydrogen-bond donors (Lipinski definition) is 1. The van der Waals surface area contributed by atoms with Gasteiger partial charge in [0.15, 0.2) is 5.65 Å². The summed E-state index contributed by atoms with van der Waals surface area (Å²) in [6.07, 6.45) is 6.52. The second kappa shape index (κ2) is 10.6. The number of anilines is 1. The molecule has 11 heteroatoms. The zero-order valence-corrected chi connectivity index (χ0v) is 21.2. The van der Waals surface area contributed by atoms with Crippen molar-refractivity contribution in [3.05, 3.63) is 78.4 Å². The summed E-state index contributed by atoms with van der Waals surface area (Å²) in [6, 6.07) is 11.8. The minimum Gasteiger partial charge on any atom is -0.489 e. The number of benzene rings is 2. The van der Waals surface area contributed by atoms with Gasteiger partial charge in [0.05, 0.1) is 11.4 Å². The molecule has 2 aromatic carbocycles. The van der Waals surface area contributed by atoms with Crippen LogP contribution in [0.2, 0.25) is 0 Å². The first-order valence-electron chi connectivity index (χ1n) is 12.6. The zero-order valence-electron chi connectivity index (χ0n) is 21.2. The Kier molecular flexibility index (Phi) is 6.72. The Hall–Kier alpha value is -4.64. The van der Waals surface area contributed by atoms with Crippen LogP contribution < -0.4 is 15.2 Å². The molecule has 5 aromatic rings. The van der Waals surface area contributed by atoms with E-state index in [1.807, 2.05) is 16.8 Å². The van der Waals surface area contributed by atoms with Gasteiger partial charge in [-0.25, -0.2) is 29.0 Å². The van der Waals surface area contributed by atoms with Gasteiger partial charge >= 0.3 is 0 Å². The number of nitrogen functional groups attached to an aromatic ring is 1. The lowest BCUT2D eigenvalue weighted by Gasteiger charge is -2.22. The van der Waals surface area contributed by atoms with Gasteiger partial charge in [-0.05, 0) is 44.0 Å². The van der Waals surface area contributed by atoms with Crippen LogP contribution in [0.3, 0.4) is 0 Å². The first-order valence-corrected chi connectivity index (χ1v) is 12.6. The summed E-state index contributed by atoms with van der Waals surface area (Å²) in [5.41, 5.74) is 9.27. The molecule has 4 heterocycles. The van der Waals surface area contributed by atoms with Gasteiger partial charge in [-0.2, -0.15) is 5.10 Å². The lowest BCUT2D eigenvalue weighted by molar-refractivity contribution is 0.0674. The highest BCUT2D eigenvalue weighted by molar-refractivity contribution is 5.98. The Bertz CT molecular complexity index is 1600. The Morgan fingerprint density at radius 3 is 2.49 bits per heavy atom. The standard InChI is InChI=1S/C28H26FN7O3/c1-17-31-13-18(14-32-17)15-38-23-10-20(29)11-24(12-23)39-22-4-2-19(3-5-22)26-25-27(30)33-16-34-28(25)36(35-26)21-6-8-37-9-7-21/h2-5,10-14,16,21H,6-9,15H2,1H3,(H2,30,33,34). The summed E-state index contributed by atoms with van der Waals surface area (Å²) < 4.78 is 33.4. The first kappa shape index (κ1) is 24.7. The van der Waals surface area contributed by atoms with Crippen LogP contribution in [0.4, 0.5) is 10.2 Å². The van der Waals surface area contributed by atoms with Crippen LogP contribution in [0.1, 0.15) is 30.3 Å². The van der Waals surface area contributed by atoms with E-state index in [2.05, 4.69) is 19.9 Å². The first-order chi connectivity index (χ1) is 19.0. The van der Waals surface area contributed by atoms with E-state index in [1.165, 1.54) is 18.5 Å². The molecule has 39 heavy (non-hydrogen) atoms. The predicted molar refractivity (Wildman–Crippen MR) is 142 cm³/mol. The number of nitrogens with zero attached hydrogens (tertiary/aromatic N) is 6. The van der Waals surface area contributed by atoms with Crippen molar-refractivity contribution in [2.75, 3.05) is 18.9 Å². The van der Waals surface area contributed by atoms with E-state index >= 15 is 0 Å². The molecule has 6 rings (SSSR count). The van der Waals surface area contributed by atoms with Crippen molar-refractivity contribution in [2.24, 2.45) is 0 Å². The Morgan fingerprint density at radius 2 is 1.72 bits per heavy atom. The Morgan fingerprint density at radius 1 is 0.974 bits per heavy atom. The monoisotopic (exact) mass is 527 g/mol. The van der Waals surface area contributed by atoms with Crippen molar-refractivity contribution < 1.29 is 18.6 Å². The minimum atomic E-state index is -0.472. The van der Waals surface area contributed by atoms with Crippen LogP contribution in [0.25, 0.3) is 22.3 Å². The van der Waals surface area contributed by atoms with Crippen molar-refractivity contribution in [2.45, 2.75) is 32.4 Å². The van der Waals surface area contributed by atoms with E-state index < -0.39 is 5.82 Å². The molecule has 2 N–H and O–H groups in total. The van der Waals surface area contributed by atoms with Gasteiger partial charge in [-0.3, -0.25) is 0 Å². The van der Waals surface area contributed by atoms with Gasteiger partial charge in [0.1, 0.15) is 53.3 Å². The zero-order chi connectivity index (χ0) is 26.8. The van der Waals surface area contributed by atoms with E-state index in [-0.39, 0.29) is 12.6 Å². The number of halogens is 1. The summed E-state index contributed by atoms with van der Waals surface area (Å²) in [5.74, 6) is 1.74. The van der Waals surface area contributed by atoms with E-state index in [4.69, 9.17) is 25.0 Å². The van der Waals surface area contributed by atoms with Crippen molar-refractivity contribution in [1.82, 2.24) is 29.7 Å². The number of aromatic nitrogens is 6. The normalized spacial score (nSPS) is 14.0. The molecule has 0 spiro atoms. The maximum Gasteiger partial charge on any atom is 0.164 e. The highest BCUT2D eigenvalue weighted by Crippen LogP contribution is 2.35. The van der Waals surface area contributed by atoms with Crippen LogP contribution >= 0.6 is 0 Å². The fraction of sp³-hybridized carbons (Fsp3) is 0.250. The van der Waals surface area contributed by atoms with E-state index in [9.17, 15) is 4.39 Å². The largest absolute Gasteiger partial charge is 0.489 e. The molecule has 1 saturated heterocycles. The average molecular weight is 528 g/mol. The number of aryl methyl sites for hydroxylation is 1. The molecule has 1 fully saturated rings. The third kappa shape index (κ3) is 5.34. The van der Waals surface area contributed by atoms with Gasteiger partial charge in [0.2, 0.25) is 0 Å². The smallest absolute Gasteiger partial charge is 0.164 e. The number of rotatable bonds is 7. The van der Waals surface area contributed by atoms with E-state index in [1.54, 1.807) is 37.5 Å². The summed E-state index contributed by atoms with van der Waals surface area (Å²) in [4.78, 5) is 17.0. The third-order valence-corrected chi connectivity index (χ3v) is 6.50. The molecule has 1 aliphatic rings. The molecule has 1 aliphatic heterocycles. The topological polar surface area (TPSA) is 123 Å². The second-order valence-electron chi connectivity index (χ2n) is 9.27. The van der Waals surface area contributed by atoms with Crippen molar-refractivity contribution >= 4 is 16.9 Å². The van der Waals surface area contributed by atoms with Crippen LogP contribution in [0.5, 0.6) is 17.2 Å². The van der Waals surface area contributed by atoms with E-state index in [0.29, 0.717) is 58.8 Å². The summed E-state index contributed by atoms with van der Waals surface area (Å²) >= 11 is 0. The number of fused-ring (bicyclic) bond motifs is 1. The van der Waals surface area contributed by atoms with E-state index in [0.717, 1.165) is 24.0 Å². The van der Waals surface area contributed by atoms with Gasteiger partial charge in [-0.1, -0.05) is 0 Å². The Labute approximate surface area is 223 Å². The summed E-state index contributed by atoms with van der Waals surface area (Å²) in [7, 11) is 0. The van der Waals surface area contributed by atoms with Gasteiger partial charge in [0, 0.05) is 54.9 Å². The fourth-order valence-corrected chi connectivity index (χ4v) is 4.54. The van der Waals surface area contributed by atoms with Crippen LogP contribution in [0.15, 0.2) is 61.2 Å². The Balaban J connectivity index is 1.22. The third-order valence-electron chi connectivity index (χ3n) is 6.50. The molecular formula is C28H26FN7O3. The minimum absolute atomic E-state index is 0.176. The number of hydrogen-bond acceptors (Lipinski definition) is 9. The molecule has 0 atom stereocenters. The lowest BCUT2D eigenvalue weighted by atomic mass is 10.1. The molecule has 0 amide bonds. The number of ether oxygens (including phenoxy) is 3. The van der Waals surface area contributed by atoms with Gasteiger partial charge in [0.25, 0.3) is 0 Å². The average Bonchev–Trinajstić information content (AvgIpc) is 3.34. The maximum atomic E-state index is 14.3. The van der Waals surface area contributed by atoms with Crippen molar-refractivity contribution in [3.63, 3.8) is 0 Å². The molecule has 10 nitrogen and oxygen atoms in total. The molecule has 0 saturated carbocycles. The van der Waals surface area contributed by atoms with Crippen LogP contribution in [-0.2, 0) is 11.3 Å². The van der Waals surface area contributed by atoms with Crippen LogP contribution in [-0.4, -0.2) is 42.9 Å². The summed E-state index contributed by atoms with van der Waals surface area (Å²) in [6.45, 7) is 3.38. The lowest BCUT2D eigenvalue weighted by Crippen LogP contribution is -2.20. The maximum absolute atomic E-state index is 14.3. The molecule has 0 aliphatic carbocycles. The van der Waals surface area contributed by atoms with Gasteiger partial charge in [-0.15, -0.1) is 0 Å². The SMILES string of the molecule is Cc1ncc(COc2cc(F)cc(Oc3ccc(-c4nn(C5CCOCC5)c5ncnc(N)c45)cc3)c2)cn1. The molecule has 0 radical (unpaired) electrons.